The van der Waals surface area contributed by atoms with E-state index in [-0.39, 0.29) is 18.1 Å². The zero-order chi connectivity index (χ0) is 19.2. The van der Waals surface area contributed by atoms with Gasteiger partial charge in [-0.25, -0.2) is 9.37 Å². The number of anilines is 1. The van der Waals surface area contributed by atoms with Gasteiger partial charge in [-0.15, -0.1) is 0 Å². The normalized spacial score (nSPS) is 10.8. The molecule has 0 radical (unpaired) electrons. The Morgan fingerprint density at radius 2 is 1.74 bits per heavy atom. The molecule has 27 heavy (non-hydrogen) atoms. The Balaban J connectivity index is 1.63. The van der Waals surface area contributed by atoms with Crippen LogP contribution in [0.2, 0.25) is 0 Å². The van der Waals surface area contributed by atoms with Gasteiger partial charge in [-0.3, -0.25) is 4.79 Å². The molecule has 0 spiro atoms. The van der Waals surface area contributed by atoms with E-state index < -0.39 is 0 Å². The predicted molar refractivity (Wildman–Crippen MR) is 104 cm³/mol. The van der Waals surface area contributed by atoms with Crippen molar-refractivity contribution in [1.29, 1.82) is 0 Å². The first-order valence-corrected chi connectivity index (χ1v) is 9.22. The first-order valence-electron chi connectivity index (χ1n) is 9.22. The quantitative estimate of drug-likeness (QED) is 0.627. The van der Waals surface area contributed by atoms with E-state index >= 15 is 0 Å². The van der Waals surface area contributed by atoms with E-state index in [0.717, 1.165) is 35.2 Å². The smallest absolute Gasteiger partial charge is 0.224 e. The molecule has 0 saturated heterocycles. The highest BCUT2D eigenvalue weighted by atomic mass is 19.1. The molecule has 4 nitrogen and oxygen atoms in total. The number of benzene rings is 2. The number of aryl methyl sites for hydroxylation is 3. The van der Waals surface area contributed by atoms with Crippen molar-refractivity contribution in [3.63, 3.8) is 0 Å². The van der Waals surface area contributed by atoms with Gasteiger partial charge in [0.05, 0.1) is 6.20 Å². The summed E-state index contributed by atoms with van der Waals surface area (Å²) in [5, 5.41) is 3.05. The average Bonchev–Trinajstić information content (AvgIpc) is 3.16. The van der Waals surface area contributed by atoms with Crippen LogP contribution in [0.4, 0.5) is 10.1 Å². The van der Waals surface area contributed by atoms with Crippen LogP contribution >= 0.6 is 0 Å². The molecule has 0 saturated carbocycles. The first-order chi connectivity index (χ1) is 13.1. The number of halogens is 1. The molecule has 1 aromatic heterocycles. The maximum Gasteiger partial charge on any atom is 0.224 e. The summed E-state index contributed by atoms with van der Waals surface area (Å²) in [7, 11) is 0. The van der Waals surface area contributed by atoms with E-state index in [1.807, 2.05) is 18.2 Å². The molecule has 0 aliphatic rings. The van der Waals surface area contributed by atoms with E-state index in [2.05, 4.69) is 24.1 Å². The lowest BCUT2D eigenvalue weighted by atomic mass is 10.0. The third-order valence-electron chi connectivity index (χ3n) is 4.51. The number of aromatic nitrogens is 1. The predicted octanol–water partition coefficient (Wildman–Crippen LogP) is 5.18. The molecule has 1 N–H and O–H groups in total. The van der Waals surface area contributed by atoms with Crippen molar-refractivity contribution in [2.75, 3.05) is 5.32 Å². The molecule has 0 atom stereocenters. The Morgan fingerprint density at radius 1 is 1.07 bits per heavy atom. The average molecular weight is 366 g/mol. The monoisotopic (exact) mass is 366 g/mol. The van der Waals surface area contributed by atoms with E-state index in [1.54, 1.807) is 18.3 Å². The van der Waals surface area contributed by atoms with Crippen molar-refractivity contribution in [2.45, 2.75) is 39.5 Å². The standard InChI is InChI=1S/C22H23FN2O2/c1-3-15-6-5-7-16(4-2)22(15)25-20(26)12-13-21-24-14-19(27-21)17-8-10-18(23)11-9-17/h5-11,14H,3-4,12-13H2,1-2H3,(H,25,26). The second-order valence-corrected chi connectivity index (χ2v) is 6.33. The van der Waals surface area contributed by atoms with Gasteiger partial charge in [0.2, 0.25) is 5.91 Å². The molecular formula is C22H23FN2O2. The largest absolute Gasteiger partial charge is 0.441 e. The van der Waals surface area contributed by atoms with Crippen molar-refractivity contribution >= 4 is 11.6 Å². The molecule has 0 fully saturated rings. The van der Waals surface area contributed by atoms with Crippen molar-refractivity contribution < 1.29 is 13.6 Å². The van der Waals surface area contributed by atoms with Gasteiger partial charge < -0.3 is 9.73 Å². The number of para-hydroxylation sites is 1. The summed E-state index contributed by atoms with van der Waals surface area (Å²) in [5.74, 6) is 0.695. The Morgan fingerprint density at radius 3 is 2.37 bits per heavy atom. The fourth-order valence-electron chi connectivity index (χ4n) is 3.00. The molecular weight excluding hydrogens is 343 g/mol. The summed E-state index contributed by atoms with van der Waals surface area (Å²) in [6.45, 7) is 4.16. The van der Waals surface area contributed by atoms with Crippen LogP contribution in [0.25, 0.3) is 11.3 Å². The molecule has 3 aromatic rings. The second kappa shape index (κ2) is 8.62. The molecule has 140 valence electrons. The number of hydrogen-bond donors (Lipinski definition) is 1. The highest BCUT2D eigenvalue weighted by Gasteiger charge is 2.12. The minimum Gasteiger partial charge on any atom is -0.441 e. The van der Waals surface area contributed by atoms with Gasteiger partial charge in [-0.2, -0.15) is 0 Å². The number of nitrogens with one attached hydrogen (secondary N) is 1. The van der Waals surface area contributed by atoms with Crippen LogP contribution in [0.5, 0.6) is 0 Å². The first kappa shape index (κ1) is 18.8. The summed E-state index contributed by atoms with van der Waals surface area (Å²) < 4.78 is 18.7. The third-order valence-corrected chi connectivity index (χ3v) is 4.51. The van der Waals surface area contributed by atoms with Gasteiger partial charge >= 0.3 is 0 Å². The number of hydrogen-bond acceptors (Lipinski definition) is 3. The maximum atomic E-state index is 13.0. The number of nitrogens with zero attached hydrogens (tertiary/aromatic N) is 1. The Bertz CT molecular complexity index is 894. The van der Waals surface area contributed by atoms with Gasteiger partial charge in [0.1, 0.15) is 5.82 Å². The molecule has 1 amide bonds. The molecule has 0 unspecified atom stereocenters. The number of oxazole rings is 1. The Kier molecular flexibility index (Phi) is 6.01. The van der Waals surface area contributed by atoms with Gasteiger partial charge in [0, 0.05) is 24.1 Å². The zero-order valence-electron chi connectivity index (χ0n) is 15.6. The lowest BCUT2D eigenvalue weighted by Crippen LogP contribution is -2.15. The summed E-state index contributed by atoms with van der Waals surface area (Å²) in [4.78, 5) is 16.6. The van der Waals surface area contributed by atoms with E-state index in [4.69, 9.17) is 4.42 Å². The van der Waals surface area contributed by atoms with Crippen molar-refractivity contribution in [2.24, 2.45) is 0 Å². The summed E-state index contributed by atoms with van der Waals surface area (Å²) >= 11 is 0. The molecule has 0 bridgehead atoms. The minimum atomic E-state index is -0.297. The van der Waals surface area contributed by atoms with Gasteiger partial charge in [0.15, 0.2) is 11.7 Å². The molecule has 0 aliphatic carbocycles. The lowest BCUT2D eigenvalue weighted by Gasteiger charge is -2.14. The summed E-state index contributed by atoms with van der Waals surface area (Å²) in [6, 6.07) is 12.1. The summed E-state index contributed by atoms with van der Waals surface area (Å²) in [6.07, 6.45) is 4.02. The second-order valence-electron chi connectivity index (χ2n) is 6.33. The number of amides is 1. The number of rotatable bonds is 7. The Hall–Kier alpha value is -2.95. The lowest BCUT2D eigenvalue weighted by molar-refractivity contribution is -0.116. The summed E-state index contributed by atoms with van der Waals surface area (Å²) in [5.41, 5.74) is 3.95. The SMILES string of the molecule is CCc1cccc(CC)c1NC(=O)CCc1ncc(-c2ccc(F)cc2)o1. The highest BCUT2D eigenvalue weighted by Crippen LogP contribution is 2.24. The third kappa shape index (κ3) is 4.61. The van der Waals surface area contributed by atoms with Gasteiger partial charge in [-0.05, 0) is 48.2 Å². The van der Waals surface area contributed by atoms with Crippen LogP contribution in [0.15, 0.2) is 53.1 Å². The molecule has 3 rings (SSSR count). The van der Waals surface area contributed by atoms with Gasteiger partial charge in [-0.1, -0.05) is 32.0 Å². The van der Waals surface area contributed by atoms with Crippen LogP contribution in [-0.4, -0.2) is 10.9 Å². The minimum absolute atomic E-state index is 0.0628. The van der Waals surface area contributed by atoms with E-state index in [0.29, 0.717) is 18.1 Å². The van der Waals surface area contributed by atoms with Crippen LogP contribution in [0.1, 0.15) is 37.3 Å². The number of carbonyl (C=O) groups excluding carboxylic acids is 1. The molecule has 0 aliphatic heterocycles. The van der Waals surface area contributed by atoms with Crippen molar-refractivity contribution in [1.82, 2.24) is 4.98 Å². The van der Waals surface area contributed by atoms with Crippen LogP contribution in [0, 0.1) is 5.82 Å². The van der Waals surface area contributed by atoms with Crippen LogP contribution in [-0.2, 0) is 24.1 Å². The van der Waals surface area contributed by atoms with E-state index in [9.17, 15) is 9.18 Å². The highest BCUT2D eigenvalue weighted by molar-refractivity contribution is 5.92. The fraction of sp³-hybridized carbons (Fsp3) is 0.273. The maximum absolute atomic E-state index is 13.0. The fourth-order valence-corrected chi connectivity index (χ4v) is 3.00. The molecule has 5 heteroatoms. The van der Waals surface area contributed by atoms with Crippen LogP contribution in [0.3, 0.4) is 0 Å². The van der Waals surface area contributed by atoms with Gasteiger partial charge in [0.25, 0.3) is 0 Å². The van der Waals surface area contributed by atoms with Crippen molar-refractivity contribution in [3.8, 4) is 11.3 Å². The Labute approximate surface area is 158 Å². The van der Waals surface area contributed by atoms with Crippen LogP contribution < -0.4 is 5.32 Å². The van der Waals surface area contributed by atoms with E-state index in [1.165, 1.54) is 12.1 Å². The topological polar surface area (TPSA) is 55.1 Å². The molecule has 1 heterocycles. The zero-order valence-corrected chi connectivity index (χ0v) is 15.6. The molecule has 2 aromatic carbocycles. The van der Waals surface area contributed by atoms with Crippen molar-refractivity contribution in [3.05, 3.63) is 71.5 Å². The number of carbonyl (C=O) groups is 1.